The Morgan fingerprint density at radius 2 is 1.62 bits per heavy atom. The third-order valence-electron chi connectivity index (χ3n) is 3.99. The SMILES string of the molecule is O=C(NCc1ccccc1Cl)c1cc(S(=O)(=O)Nc2ccc(F)cc2)ccc1Cl. The molecule has 0 fully saturated rings. The van der Waals surface area contributed by atoms with Gasteiger partial charge in [0, 0.05) is 17.3 Å². The van der Waals surface area contributed by atoms with Crippen LogP contribution in [0.25, 0.3) is 0 Å². The van der Waals surface area contributed by atoms with E-state index in [1.54, 1.807) is 24.3 Å². The molecule has 29 heavy (non-hydrogen) atoms. The van der Waals surface area contributed by atoms with Gasteiger partial charge in [-0.3, -0.25) is 9.52 Å². The summed E-state index contributed by atoms with van der Waals surface area (Å²) in [6.45, 7) is 0.152. The number of sulfonamides is 1. The van der Waals surface area contributed by atoms with Crippen molar-refractivity contribution >= 4 is 44.8 Å². The van der Waals surface area contributed by atoms with Gasteiger partial charge in [0.05, 0.1) is 15.5 Å². The van der Waals surface area contributed by atoms with Crippen LogP contribution in [0.5, 0.6) is 0 Å². The van der Waals surface area contributed by atoms with Gasteiger partial charge in [-0.15, -0.1) is 0 Å². The van der Waals surface area contributed by atoms with Gasteiger partial charge in [-0.05, 0) is 54.1 Å². The van der Waals surface area contributed by atoms with Crippen molar-refractivity contribution in [3.63, 3.8) is 0 Å². The summed E-state index contributed by atoms with van der Waals surface area (Å²) in [6.07, 6.45) is 0. The number of halogens is 3. The minimum absolute atomic E-state index is 0.000649. The average Bonchev–Trinajstić information content (AvgIpc) is 2.69. The largest absolute Gasteiger partial charge is 0.348 e. The van der Waals surface area contributed by atoms with Gasteiger partial charge in [0.1, 0.15) is 5.82 Å². The van der Waals surface area contributed by atoms with E-state index in [1.807, 2.05) is 0 Å². The molecule has 0 spiro atoms. The molecule has 3 aromatic rings. The Morgan fingerprint density at radius 1 is 0.931 bits per heavy atom. The Balaban J connectivity index is 1.80. The lowest BCUT2D eigenvalue weighted by molar-refractivity contribution is 0.0951. The molecule has 0 bridgehead atoms. The van der Waals surface area contributed by atoms with Crippen molar-refractivity contribution in [2.75, 3.05) is 4.72 Å². The molecule has 0 saturated carbocycles. The molecular weight excluding hydrogens is 438 g/mol. The minimum atomic E-state index is -4.00. The van der Waals surface area contributed by atoms with E-state index in [4.69, 9.17) is 23.2 Å². The van der Waals surface area contributed by atoms with E-state index in [0.29, 0.717) is 10.6 Å². The van der Waals surface area contributed by atoms with Crippen molar-refractivity contribution in [3.8, 4) is 0 Å². The standard InChI is InChI=1S/C20H15Cl2FN2O3S/c21-18-4-2-1-3-13(18)12-24-20(26)17-11-16(9-10-19(17)22)29(27,28)25-15-7-5-14(23)6-8-15/h1-11,25H,12H2,(H,24,26). The topological polar surface area (TPSA) is 75.3 Å². The smallest absolute Gasteiger partial charge is 0.261 e. The van der Waals surface area contributed by atoms with E-state index in [-0.39, 0.29) is 27.7 Å². The quantitative estimate of drug-likeness (QED) is 0.560. The van der Waals surface area contributed by atoms with Gasteiger partial charge in [-0.25, -0.2) is 12.8 Å². The Morgan fingerprint density at radius 3 is 2.31 bits per heavy atom. The number of carbonyl (C=O) groups excluding carboxylic acids is 1. The van der Waals surface area contributed by atoms with E-state index in [9.17, 15) is 17.6 Å². The zero-order valence-electron chi connectivity index (χ0n) is 14.8. The van der Waals surface area contributed by atoms with E-state index in [2.05, 4.69) is 10.0 Å². The maximum atomic E-state index is 13.0. The van der Waals surface area contributed by atoms with Crippen LogP contribution in [0.1, 0.15) is 15.9 Å². The van der Waals surface area contributed by atoms with Crippen molar-refractivity contribution < 1.29 is 17.6 Å². The van der Waals surface area contributed by atoms with E-state index in [0.717, 1.165) is 12.1 Å². The third kappa shape index (κ3) is 5.26. The van der Waals surface area contributed by atoms with Crippen LogP contribution in [0.2, 0.25) is 10.0 Å². The fraction of sp³-hybridized carbons (Fsp3) is 0.0500. The van der Waals surface area contributed by atoms with Crippen molar-refractivity contribution in [3.05, 3.63) is 93.7 Å². The summed E-state index contributed by atoms with van der Waals surface area (Å²) in [5.41, 5.74) is 0.896. The number of nitrogens with one attached hydrogen (secondary N) is 2. The molecule has 0 aromatic heterocycles. The molecule has 0 aliphatic heterocycles. The summed E-state index contributed by atoms with van der Waals surface area (Å²) in [7, 11) is -4.00. The zero-order chi connectivity index (χ0) is 21.0. The van der Waals surface area contributed by atoms with E-state index < -0.39 is 21.7 Å². The lowest BCUT2D eigenvalue weighted by Gasteiger charge is -2.11. The fourth-order valence-electron chi connectivity index (χ4n) is 2.49. The molecule has 0 heterocycles. The summed E-state index contributed by atoms with van der Waals surface area (Å²) in [4.78, 5) is 12.4. The van der Waals surface area contributed by atoms with Crippen molar-refractivity contribution in [1.82, 2.24) is 5.32 Å². The molecule has 2 N–H and O–H groups in total. The summed E-state index contributed by atoms with van der Waals surface area (Å²) >= 11 is 12.2. The number of hydrogen-bond acceptors (Lipinski definition) is 3. The number of carbonyl (C=O) groups is 1. The maximum absolute atomic E-state index is 13.0. The van der Waals surface area contributed by atoms with Crippen molar-refractivity contribution in [1.29, 1.82) is 0 Å². The van der Waals surface area contributed by atoms with Crippen LogP contribution in [0.3, 0.4) is 0 Å². The lowest BCUT2D eigenvalue weighted by Crippen LogP contribution is -2.24. The summed E-state index contributed by atoms with van der Waals surface area (Å²) in [6, 6.07) is 15.6. The van der Waals surface area contributed by atoms with Gasteiger partial charge in [-0.1, -0.05) is 41.4 Å². The highest BCUT2D eigenvalue weighted by atomic mass is 35.5. The first kappa shape index (κ1) is 21.1. The second-order valence-corrected chi connectivity index (χ2v) is 8.52. The van der Waals surface area contributed by atoms with Gasteiger partial charge in [0.2, 0.25) is 0 Å². The van der Waals surface area contributed by atoms with E-state index in [1.165, 1.54) is 30.3 Å². The number of anilines is 1. The highest BCUT2D eigenvalue weighted by Gasteiger charge is 2.19. The Labute approximate surface area is 177 Å². The van der Waals surface area contributed by atoms with Gasteiger partial charge < -0.3 is 5.32 Å². The number of amides is 1. The van der Waals surface area contributed by atoms with Crippen LogP contribution < -0.4 is 10.0 Å². The maximum Gasteiger partial charge on any atom is 0.261 e. The van der Waals surface area contributed by atoms with Crippen molar-refractivity contribution in [2.24, 2.45) is 0 Å². The Bertz CT molecular complexity index is 1150. The van der Waals surface area contributed by atoms with Crippen LogP contribution >= 0.6 is 23.2 Å². The van der Waals surface area contributed by atoms with Crippen LogP contribution in [-0.4, -0.2) is 14.3 Å². The highest BCUT2D eigenvalue weighted by Crippen LogP contribution is 2.23. The van der Waals surface area contributed by atoms with Gasteiger partial charge in [0.25, 0.3) is 15.9 Å². The monoisotopic (exact) mass is 452 g/mol. The first-order valence-corrected chi connectivity index (χ1v) is 10.6. The molecule has 0 aliphatic carbocycles. The highest BCUT2D eigenvalue weighted by molar-refractivity contribution is 7.92. The van der Waals surface area contributed by atoms with Crippen LogP contribution in [-0.2, 0) is 16.6 Å². The number of rotatable bonds is 6. The molecular formula is C20H15Cl2FN2O3S. The molecule has 0 radical (unpaired) electrons. The summed E-state index contributed by atoms with van der Waals surface area (Å²) < 4.78 is 40.5. The number of benzene rings is 3. The summed E-state index contributed by atoms with van der Waals surface area (Å²) in [5.74, 6) is -1.04. The van der Waals surface area contributed by atoms with E-state index >= 15 is 0 Å². The molecule has 5 nitrogen and oxygen atoms in total. The molecule has 0 aliphatic rings. The molecule has 3 aromatic carbocycles. The van der Waals surface area contributed by atoms with Gasteiger partial charge >= 0.3 is 0 Å². The second kappa shape index (κ2) is 8.82. The molecule has 0 atom stereocenters. The molecule has 1 amide bonds. The predicted molar refractivity (Wildman–Crippen MR) is 111 cm³/mol. The Hall–Kier alpha value is -2.61. The lowest BCUT2D eigenvalue weighted by atomic mass is 10.2. The van der Waals surface area contributed by atoms with Crippen LogP contribution in [0.15, 0.2) is 71.6 Å². The first-order valence-electron chi connectivity index (χ1n) is 8.36. The Kier molecular flexibility index (Phi) is 6.42. The van der Waals surface area contributed by atoms with Gasteiger partial charge in [-0.2, -0.15) is 0 Å². The van der Waals surface area contributed by atoms with Crippen LogP contribution in [0.4, 0.5) is 10.1 Å². The normalized spacial score (nSPS) is 11.1. The molecule has 0 unspecified atom stereocenters. The molecule has 3 rings (SSSR count). The summed E-state index contributed by atoms with van der Waals surface area (Å²) in [5, 5.41) is 3.27. The fourth-order valence-corrected chi connectivity index (χ4v) is 3.98. The van der Waals surface area contributed by atoms with Gasteiger partial charge in [0.15, 0.2) is 0 Å². The zero-order valence-corrected chi connectivity index (χ0v) is 17.2. The predicted octanol–water partition coefficient (Wildman–Crippen LogP) is 4.86. The number of hydrogen-bond donors (Lipinski definition) is 2. The molecule has 0 saturated heterocycles. The third-order valence-corrected chi connectivity index (χ3v) is 6.06. The average molecular weight is 453 g/mol. The second-order valence-electron chi connectivity index (χ2n) is 6.03. The first-order chi connectivity index (χ1) is 13.8. The molecule has 9 heteroatoms. The molecule has 150 valence electrons. The van der Waals surface area contributed by atoms with Crippen molar-refractivity contribution in [2.45, 2.75) is 11.4 Å². The minimum Gasteiger partial charge on any atom is -0.348 e. The van der Waals surface area contributed by atoms with Crippen LogP contribution in [0, 0.1) is 5.82 Å².